The minimum absolute atomic E-state index is 0.0200. The Balaban J connectivity index is 2.56. The molecule has 5 nitrogen and oxygen atoms in total. The number of anilines is 1. The van der Waals surface area contributed by atoms with Crippen LogP contribution in [0.1, 0.15) is 15.4 Å². The first kappa shape index (κ1) is 8.18. The maximum absolute atomic E-state index is 11.2. The summed E-state index contributed by atoms with van der Waals surface area (Å²) in [7, 11) is 1.56. The highest BCUT2D eigenvalue weighted by Gasteiger charge is 2.32. The Morgan fingerprint density at radius 1 is 1.69 bits per heavy atom. The van der Waals surface area contributed by atoms with Gasteiger partial charge in [0.05, 0.1) is 17.0 Å². The minimum Gasteiger partial charge on any atom is -0.476 e. The Labute approximate surface area is 77.8 Å². The smallest absolute Gasteiger partial charge is 0.357 e. The number of hydrogen-bond donors (Lipinski definition) is 1. The fourth-order valence-corrected chi connectivity index (χ4v) is 2.18. The van der Waals surface area contributed by atoms with Crippen molar-refractivity contribution in [3.63, 3.8) is 0 Å². The van der Waals surface area contributed by atoms with Crippen LogP contribution in [0.4, 0.5) is 5.69 Å². The summed E-state index contributed by atoms with van der Waals surface area (Å²) in [5, 5.41) is 8.75. The number of aromatic carboxylic acids is 1. The van der Waals surface area contributed by atoms with Crippen LogP contribution in [0.3, 0.4) is 0 Å². The second kappa shape index (κ2) is 2.53. The highest BCUT2D eigenvalue weighted by Crippen LogP contribution is 2.34. The van der Waals surface area contributed by atoms with Crippen LogP contribution >= 0.6 is 11.5 Å². The normalized spacial score (nSPS) is 14.8. The predicted octanol–water partition coefficient (Wildman–Crippen LogP) is 0.360. The minimum atomic E-state index is -1.08. The van der Waals surface area contributed by atoms with E-state index in [-0.39, 0.29) is 18.0 Å². The van der Waals surface area contributed by atoms with Crippen LogP contribution in [-0.4, -0.2) is 28.4 Å². The van der Waals surface area contributed by atoms with E-state index in [4.69, 9.17) is 5.11 Å². The third-order valence-corrected chi connectivity index (χ3v) is 2.79. The van der Waals surface area contributed by atoms with Gasteiger partial charge < -0.3 is 10.0 Å². The molecule has 0 spiro atoms. The lowest BCUT2D eigenvalue weighted by Gasteiger charge is -2.07. The third-order valence-electron chi connectivity index (χ3n) is 1.96. The van der Waals surface area contributed by atoms with E-state index in [1.54, 1.807) is 7.05 Å². The fourth-order valence-electron chi connectivity index (χ4n) is 1.30. The Kier molecular flexibility index (Phi) is 1.59. The summed E-state index contributed by atoms with van der Waals surface area (Å²) >= 11 is 1.08. The van der Waals surface area contributed by atoms with Crippen molar-refractivity contribution >= 4 is 29.1 Å². The van der Waals surface area contributed by atoms with Gasteiger partial charge in [-0.1, -0.05) is 0 Å². The van der Waals surface area contributed by atoms with E-state index in [2.05, 4.69) is 4.37 Å². The summed E-state index contributed by atoms with van der Waals surface area (Å²) in [5.74, 6) is -1.16. The van der Waals surface area contributed by atoms with Crippen LogP contribution in [0.25, 0.3) is 0 Å². The summed E-state index contributed by atoms with van der Waals surface area (Å²) in [6.07, 6.45) is 0.275. The quantitative estimate of drug-likeness (QED) is 0.707. The van der Waals surface area contributed by atoms with Crippen molar-refractivity contribution in [2.45, 2.75) is 6.42 Å². The van der Waals surface area contributed by atoms with Gasteiger partial charge >= 0.3 is 5.97 Å². The molecular weight excluding hydrogens is 192 g/mol. The molecule has 0 atom stereocenters. The van der Waals surface area contributed by atoms with Crippen LogP contribution in [0.5, 0.6) is 0 Å². The molecule has 68 valence electrons. The molecule has 0 unspecified atom stereocenters. The molecule has 0 saturated carbocycles. The van der Waals surface area contributed by atoms with Gasteiger partial charge in [-0.25, -0.2) is 4.79 Å². The molecule has 1 amide bonds. The lowest BCUT2D eigenvalue weighted by atomic mass is 10.3. The molecule has 0 aromatic carbocycles. The van der Waals surface area contributed by atoms with Crippen molar-refractivity contribution < 1.29 is 14.7 Å². The summed E-state index contributed by atoms with van der Waals surface area (Å²) in [6, 6.07) is 0. The third kappa shape index (κ3) is 1.02. The van der Waals surface area contributed by atoms with Crippen LogP contribution in [0.15, 0.2) is 0 Å². The first-order chi connectivity index (χ1) is 6.11. The van der Waals surface area contributed by atoms with Crippen molar-refractivity contribution in [3.8, 4) is 0 Å². The molecule has 2 rings (SSSR count). The van der Waals surface area contributed by atoms with Gasteiger partial charge in [0.15, 0.2) is 5.69 Å². The van der Waals surface area contributed by atoms with Gasteiger partial charge in [0.1, 0.15) is 0 Å². The molecule has 1 aromatic rings. The monoisotopic (exact) mass is 198 g/mol. The molecule has 1 N–H and O–H groups in total. The number of rotatable bonds is 1. The van der Waals surface area contributed by atoms with Gasteiger partial charge in [0, 0.05) is 7.05 Å². The number of nitrogens with zero attached hydrogens (tertiary/aromatic N) is 2. The zero-order valence-corrected chi connectivity index (χ0v) is 7.59. The maximum atomic E-state index is 11.2. The van der Waals surface area contributed by atoms with E-state index < -0.39 is 5.97 Å². The van der Waals surface area contributed by atoms with Crippen molar-refractivity contribution in [2.24, 2.45) is 0 Å². The molecule has 0 bridgehead atoms. The van der Waals surface area contributed by atoms with Crippen LogP contribution in [-0.2, 0) is 11.2 Å². The lowest BCUT2D eigenvalue weighted by Crippen LogP contribution is -2.22. The van der Waals surface area contributed by atoms with Crippen molar-refractivity contribution in [2.75, 3.05) is 11.9 Å². The number of fused-ring (bicyclic) bond motifs is 1. The number of aromatic nitrogens is 1. The van der Waals surface area contributed by atoms with E-state index in [1.165, 1.54) is 4.90 Å². The average molecular weight is 198 g/mol. The Morgan fingerprint density at radius 3 is 3.00 bits per heavy atom. The standard InChI is InChI=1S/C7H6N2O3S/c1-9-4(10)2-3-6(9)5(7(11)12)8-13-3/h2H2,1H3,(H,11,12). The number of carboxylic acid groups (broad SMARTS) is 1. The topological polar surface area (TPSA) is 70.5 Å². The Hall–Kier alpha value is -1.43. The number of carboxylic acids is 1. The SMILES string of the molecule is CN1C(=O)Cc2snc(C(=O)O)c21. The summed E-state index contributed by atoms with van der Waals surface area (Å²) in [4.78, 5) is 23.9. The highest BCUT2D eigenvalue weighted by molar-refractivity contribution is 7.07. The molecule has 1 aromatic heterocycles. The van der Waals surface area contributed by atoms with Crippen molar-refractivity contribution in [1.29, 1.82) is 0 Å². The molecule has 0 saturated heterocycles. The molecule has 0 aliphatic carbocycles. The van der Waals surface area contributed by atoms with Crippen molar-refractivity contribution in [1.82, 2.24) is 4.37 Å². The molecule has 6 heteroatoms. The summed E-state index contributed by atoms with van der Waals surface area (Å²) in [6.45, 7) is 0. The highest BCUT2D eigenvalue weighted by atomic mass is 32.1. The summed E-state index contributed by atoms with van der Waals surface area (Å²) < 4.78 is 3.77. The second-order valence-electron chi connectivity index (χ2n) is 2.74. The van der Waals surface area contributed by atoms with E-state index >= 15 is 0 Å². The van der Waals surface area contributed by atoms with E-state index in [1.807, 2.05) is 0 Å². The lowest BCUT2D eigenvalue weighted by molar-refractivity contribution is -0.117. The number of amides is 1. The van der Waals surface area contributed by atoms with E-state index in [0.29, 0.717) is 5.69 Å². The molecule has 0 fully saturated rings. The fraction of sp³-hybridized carbons (Fsp3) is 0.286. The van der Waals surface area contributed by atoms with Crippen LogP contribution in [0.2, 0.25) is 0 Å². The van der Waals surface area contributed by atoms with Gasteiger partial charge in [-0.15, -0.1) is 0 Å². The second-order valence-corrected chi connectivity index (χ2v) is 3.60. The van der Waals surface area contributed by atoms with Gasteiger partial charge in [-0.05, 0) is 11.5 Å². The Bertz CT molecular complexity index is 398. The molecule has 1 aliphatic rings. The zero-order chi connectivity index (χ0) is 9.59. The molecule has 2 heterocycles. The van der Waals surface area contributed by atoms with Gasteiger partial charge in [-0.2, -0.15) is 4.37 Å². The average Bonchev–Trinajstić information content (AvgIpc) is 2.55. The van der Waals surface area contributed by atoms with Crippen LogP contribution in [0, 0.1) is 0 Å². The number of carbonyl (C=O) groups excluding carboxylic acids is 1. The maximum Gasteiger partial charge on any atom is 0.357 e. The largest absolute Gasteiger partial charge is 0.476 e. The number of carbonyl (C=O) groups is 2. The first-order valence-corrected chi connectivity index (χ1v) is 4.37. The molecule has 0 radical (unpaired) electrons. The molecule has 13 heavy (non-hydrogen) atoms. The Morgan fingerprint density at radius 2 is 2.38 bits per heavy atom. The summed E-state index contributed by atoms with van der Waals surface area (Å²) in [5.41, 5.74) is 0.441. The van der Waals surface area contributed by atoms with E-state index in [0.717, 1.165) is 16.4 Å². The van der Waals surface area contributed by atoms with Gasteiger partial charge in [0.2, 0.25) is 5.91 Å². The molecular formula is C7H6N2O3S. The van der Waals surface area contributed by atoms with E-state index in [9.17, 15) is 9.59 Å². The molecule has 1 aliphatic heterocycles. The number of hydrogen-bond acceptors (Lipinski definition) is 4. The predicted molar refractivity (Wildman–Crippen MR) is 46.2 cm³/mol. The number of likely N-dealkylation sites (N-methyl/N-ethyl adjacent to an activating group) is 1. The van der Waals surface area contributed by atoms with Gasteiger partial charge in [-0.3, -0.25) is 4.79 Å². The van der Waals surface area contributed by atoms with Crippen LogP contribution < -0.4 is 4.90 Å². The first-order valence-electron chi connectivity index (χ1n) is 3.59. The van der Waals surface area contributed by atoms with Crippen molar-refractivity contribution in [3.05, 3.63) is 10.6 Å². The zero-order valence-electron chi connectivity index (χ0n) is 6.77. The van der Waals surface area contributed by atoms with Gasteiger partial charge in [0.25, 0.3) is 0 Å².